The van der Waals surface area contributed by atoms with E-state index in [-0.39, 0.29) is 23.9 Å². The third-order valence-electron chi connectivity index (χ3n) is 6.96. The molecule has 0 radical (unpaired) electrons. The van der Waals surface area contributed by atoms with Crippen LogP contribution in [0.1, 0.15) is 19.3 Å². The number of amides is 1. The Balaban J connectivity index is 1.32. The van der Waals surface area contributed by atoms with Crippen LogP contribution in [-0.2, 0) is 4.79 Å². The second-order valence-electron chi connectivity index (χ2n) is 8.85. The zero-order valence-electron chi connectivity index (χ0n) is 17.6. The zero-order chi connectivity index (χ0) is 22.0. The summed E-state index contributed by atoms with van der Waals surface area (Å²) in [6, 6.07) is 5.68. The first-order valence-electron chi connectivity index (χ1n) is 10.9. The molecule has 0 aromatic carbocycles. The maximum atomic E-state index is 14.8. The summed E-state index contributed by atoms with van der Waals surface area (Å²) in [5.74, 6) is -1.01. The number of alkyl halides is 1. The number of methoxy groups -OCH3 is 1. The molecular formula is C23H23F2N5O2. The fraction of sp³-hybridized carbons (Fsp3) is 0.435. The number of pyridine rings is 1. The molecule has 9 heteroatoms. The summed E-state index contributed by atoms with van der Waals surface area (Å²) in [4.78, 5) is 20.9. The van der Waals surface area contributed by atoms with Crippen molar-refractivity contribution < 1.29 is 18.3 Å². The Hall–Kier alpha value is -3.23. The monoisotopic (exact) mass is 439 g/mol. The van der Waals surface area contributed by atoms with E-state index in [9.17, 15) is 13.6 Å². The topological polar surface area (TPSA) is 63.0 Å². The van der Waals surface area contributed by atoms with E-state index < -0.39 is 17.9 Å². The molecule has 166 valence electrons. The lowest BCUT2D eigenvalue weighted by molar-refractivity contribution is -0.136. The van der Waals surface area contributed by atoms with Gasteiger partial charge in [0.25, 0.3) is 5.88 Å². The van der Waals surface area contributed by atoms with Gasteiger partial charge in [0.1, 0.15) is 6.17 Å². The fourth-order valence-electron chi connectivity index (χ4n) is 5.27. The Morgan fingerprint density at radius 3 is 2.62 bits per heavy atom. The standard InChI is InChI=1S/C23H23F2N5O2/c1-32-22-21(25)16(4-6-26-22)13-8-20-19(5-7-27-29(20)10-13)28-11-14-2-3-15(12-28)30(14)23(31)17-9-18(17)24/h4-8,10,14-15,17-18H,2-3,9,11-12H2,1H3/t14?,15?,17-,18-/m1/s1. The minimum Gasteiger partial charge on any atom is -0.479 e. The van der Waals surface area contributed by atoms with E-state index in [2.05, 4.69) is 15.0 Å². The van der Waals surface area contributed by atoms with Gasteiger partial charge in [-0.3, -0.25) is 4.79 Å². The van der Waals surface area contributed by atoms with Crippen molar-refractivity contribution >= 4 is 17.1 Å². The predicted molar refractivity (Wildman–Crippen MR) is 114 cm³/mol. The van der Waals surface area contributed by atoms with Crippen molar-refractivity contribution in [2.45, 2.75) is 37.5 Å². The first-order chi connectivity index (χ1) is 15.5. The summed E-state index contributed by atoms with van der Waals surface area (Å²) in [5.41, 5.74) is 2.94. The number of halogens is 2. The number of hydrogen-bond donors (Lipinski definition) is 0. The minimum atomic E-state index is -0.967. The Kier molecular flexibility index (Phi) is 4.34. The summed E-state index contributed by atoms with van der Waals surface area (Å²) in [6.07, 6.45) is 6.31. The van der Waals surface area contributed by atoms with Gasteiger partial charge in [-0.25, -0.2) is 18.3 Å². The van der Waals surface area contributed by atoms with Crippen LogP contribution in [0.2, 0.25) is 0 Å². The van der Waals surface area contributed by atoms with Crippen LogP contribution in [0.5, 0.6) is 5.88 Å². The highest BCUT2D eigenvalue weighted by Crippen LogP contribution is 2.41. The summed E-state index contributed by atoms with van der Waals surface area (Å²) in [5, 5.41) is 4.41. The predicted octanol–water partition coefficient (Wildman–Crippen LogP) is 3.08. The molecule has 1 amide bonds. The average Bonchev–Trinajstić information content (AvgIpc) is 3.27. The maximum Gasteiger partial charge on any atom is 0.250 e. The van der Waals surface area contributed by atoms with Crippen molar-refractivity contribution in [3.05, 3.63) is 42.6 Å². The second kappa shape index (κ2) is 7.15. The molecule has 2 unspecified atom stereocenters. The molecule has 0 spiro atoms. The van der Waals surface area contributed by atoms with Crippen molar-refractivity contribution in [2.24, 2.45) is 5.92 Å². The lowest BCUT2D eigenvalue weighted by Crippen LogP contribution is -2.56. The van der Waals surface area contributed by atoms with Gasteiger partial charge in [-0.2, -0.15) is 5.10 Å². The van der Waals surface area contributed by atoms with Gasteiger partial charge in [0.15, 0.2) is 5.82 Å². The highest BCUT2D eigenvalue weighted by Gasteiger charge is 2.51. The largest absolute Gasteiger partial charge is 0.479 e. The molecule has 1 aliphatic carbocycles. The number of aromatic nitrogens is 3. The first-order valence-corrected chi connectivity index (χ1v) is 10.9. The summed E-state index contributed by atoms with van der Waals surface area (Å²) >= 11 is 0. The SMILES string of the molecule is COc1nccc(-c2cc3c(N4CC5CCC(C4)N5C(=O)[C@@H]4C[C@H]4F)ccnn3c2)c1F. The Bertz CT molecular complexity index is 1200. The average molecular weight is 439 g/mol. The number of nitrogens with zero attached hydrogens (tertiary/aromatic N) is 5. The molecule has 6 rings (SSSR count). The van der Waals surface area contributed by atoms with E-state index in [1.54, 1.807) is 23.0 Å². The van der Waals surface area contributed by atoms with Crippen molar-refractivity contribution in [3.63, 3.8) is 0 Å². The van der Waals surface area contributed by atoms with Crippen LogP contribution >= 0.6 is 0 Å². The molecule has 1 saturated carbocycles. The van der Waals surface area contributed by atoms with Gasteiger partial charge in [-0.15, -0.1) is 0 Å². The number of fused-ring (bicyclic) bond motifs is 3. The smallest absolute Gasteiger partial charge is 0.250 e. The Labute approximate surface area is 183 Å². The summed E-state index contributed by atoms with van der Waals surface area (Å²) in [7, 11) is 1.39. The molecule has 2 bridgehead atoms. The quantitative estimate of drug-likeness (QED) is 0.625. The number of carbonyl (C=O) groups is 1. The Morgan fingerprint density at radius 2 is 1.94 bits per heavy atom. The van der Waals surface area contributed by atoms with Crippen LogP contribution in [0.15, 0.2) is 36.8 Å². The molecule has 0 N–H and O–H groups in total. The van der Waals surface area contributed by atoms with Crippen LogP contribution in [0, 0.1) is 11.7 Å². The summed E-state index contributed by atoms with van der Waals surface area (Å²) in [6.45, 7) is 1.40. The van der Waals surface area contributed by atoms with Crippen LogP contribution < -0.4 is 9.64 Å². The van der Waals surface area contributed by atoms with Crippen molar-refractivity contribution in [3.8, 4) is 17.0 Å². The second-order valence-corrected chi connectivity index (χ2v) is 8.85. The van der Waals surface area contributed by atoms with E-state index in [1.807, 2.05) is 17.0 Å². The molecule has 2 saturated heterocycles. The summed E-state index contributed by atoms with van der Waals surface area (Å²) < 4.78 is 35.0. The van der Waals surface area contributed by atoms with E-state index in [4.69, 9.17) is 4.74 Å². The van der Waals surface area contributed by atoms with Crippen LogP contribution in [-0.4, -0.2) is 63.9 Å². The molecule has 3 fully saturated rings. The van der Waals surface area contributed by atoms with Gasteiger partial charge < -0.3 is 14.5 Å². The highest BCUT2D eigenvalue weighted by molar-refractivity contribution is 5.84. The zero-order valence-corrected chi connectivity index (χ0v) is 17.6. The molecule has 3 aliphatic rings. The van der Waals surface area contributed by atoms with Gasteiger partial charge in [0.05, 0.1) is 24.2 Å². The highest BCUT2D eigenvalue weighted by atomic mass is 19.1. The third kappa shape index (κ3) is 2.94. The van der Waals surface area contributed by atoms with Gasteiger partial charge >= 0.3 is 0 Å². The number of anilines is 1. The lowest BCUT2D eigenvalue weighted by Gasteiger charge is -2.42. The maximum absolute atomic E-state index is 14.8. The Morgan fingerprint density at radius 1 is 1.19 bits per heavy atom. The van der Waals surface area contributed by atoms with Crippen molar-refractivity contribution in [1.82, 2.24) is 19.5 Å². The molecule has 7 nitrogen and oxygen atoms in total. The van der Waals surface area contributed by atoms with Crippen LogP contribution in [0.4, 0.5) is 14.5 Å². The molecule has 32 heavy (non-hydrogen) atoms. The number of hydrogen-bond acceptors (Lipinski definition) is 5. The van der Waals surface area contributed by atoms with Gasteiger partial charge in [-0.05, 0) is 37.5 Å². The number of carbonyl (C=O) groups excluding carboxylic acids is 1. The molecule has 4 atom stereocenters. The van der Waals surface area contributed by atoms with E-state index in [0.29, 0.717) is 30.6 Å². The molecule has 5 heterocycles. The van der Waals surface area contributed by atoms with Crippen molar-refractivity contribution in [2.75, 3.05) is 25.1 Å². The number of piperazine rings is 1. The fourth-order valence-corrected chi connectivity index (χ4v) is 5.27. The lowest BCUT2D eigenvalue weighted by atomic mass is 10.1. The van der Waals surface area contributed by atoms with E-state index in [1.165, 1.54) is 13.3 Å². The van der Waals surface area contributed by atoms with E-state index in [0.717, 1.165) is 24.0 Å². The van der Waals surface area contributed by atoms with Gasteiger partial charge in [0, 0.05) is 54.9 Å². The molecule has 3 aromatic heterocycles. The van der Waals surface area contributed by atoms with Gasteiger partial charge in [-0.1, -0.05) is 0 Å². The van der Waals surface area contributed by atoms with Crippen molar-refractivity contribution in [1.29, 1.82) is 0 Å². The molecule has 2 aliphatic heterocycles. The molecular weight excluding hydrogens is 416 g/mol. The van der Waals surface area contributed by atoms with Gasteiger partial charge in [0.2, 0.25) is 5.91 Å². The third-order valence-corrected chi connectivity index (χ3v) is 6.96. The molecule has 3 aromatic rings. The first kappa shape index (κ1) is 19.5. The number of rotatable bonds is 4. The normalized spacial score (nSPS) is 26.6. The van der Waals surface area contributed by atoms with E-state index >= 15 is 0 Å². The number of ether oxygens (including phenoxy) is 1. The minimum absolute atomic E-state index is 0.0170. The van der Waals surface area contributed by atoms with Crippen LogP contribution in [0.25, 0.3) is 16.6 Å². The van der Waals surface area contributed by atoms with Crippen LogP contribution in [0.3, 0.4) is 0 Å².